The van der Waals surface area contributed by atoms with E-state index in [-0.39, 0.29) is 5.54 Å². The second kappa shape index (κ2) is 5.03. The Hall–Kier alpha value is -2.44. The molecule has 3 heterocycles. The number of guanidine groups is 1. The fourth-order valence-corrected chi connectivity index (χ4v) is 4.80. The van der Waals surface area contributed by atoms with Gasteiger partial charge in [-0.3, -0.25) is 9.47 Å². The highest BCUT2D eigenvalue weighted by atomic mass is 15.4. The van der Waals surface area contributed by atoms with E-state index in [1.54, 1.807) is 18.9 Å². The Morgan fingerprint density at radius 2 is 1.96 bits per heavy atom. The molecule has 3 fully saturated rings. The molecule has 7 nitrogen and oxygen atoms in total. The number of hydrogen-bond acceptors (Lipinski definition) is 6. The Morgan fingerprint density at radius 1 is 1.12 bits per heavy atom. The van der Waals surface area contributed by atoms with E-state index in [9.17, 15) is 0 Å². The molecule has 24 heavy (non-hydrogen) atoms. The summed E-state index contributed by atoms with van der Waals surface area (Å²) in [5.74, 6) is 3.68. The molecule has 3 aliphatic carbocycles. The quantitative estimate of drug-likeness (QED) is 0.910. The van der Waals surface area contributed by atoms with Crippen LogP contribution < -0.4 is 10.6 Å². The number of nitrogens with zero attached hydrogens (tertiary/aromatic N) is 6. The lowest BCUT2D eigenvalue weighted by atomic mass is 9.60. The Bertz CT molecular complexity index is 776. The van der Waals surface area contributed by atoms with Crippen LogP contribution in [0.3, 0.4) is 0 Å². The first-order valence-corrected chi connectivity index (χ1v) is 8.67. The molecule has 7 heteroatoms. The Kier molecular flexibility index (Phi) is 2.92. The summed E-state index contributed by atoms with van der Waals surface area (Å²) in [6.07, 6.45) is 13.4. The number of nitrogens with two attached hydrogens (primary N) is 1. The van der Waals surface area contributed by atoms with E-state index < -0.39 is 0 Å². The molecule has 0 amide bonds. The van der Waals surface area contributed by atoms with E-state index in [1.807, 2.05) is 16.8 Å². The summed E-state index contributed by atoms with van der Waals surface area (Å²) in [5.41, 5.74) is 6.32. The van der Waals surface area contributed by atoms with Crippen molar-refractivity contribution in [3.05, 3.63) is 31.1 Å². The van der Waals surface area contributed by atoms with Crippen LogP contribution in [0, 0.1) is 11.8 Å². The van der Waals surface area contributed by atoms with Crippen LogP contribution in [0.15, 0.2) is 36.1 Å². The summed E-state index contributed by atoms with van der Waals surface area (Å²) in [7, 11) is 0. The molecule has 2 N–H and O–H groups in total. The number of imidazole rings is 1. The third kappa shape index (κ3) is 2.03. The van der Waals surface area contributed by atoms with Crippen molar-refractivity contribution < 1.29 is 0 Å². The van der Waals surface area contributed by atoms with Gasteiger partial charge in [0.1, 0.15) is 24.3 Å². The summed E-state index contributed by atoms with van der Waals surface area (Å²) in [6, 6.07) is 1.95. The highest BCUT2D eigenvalue weighted by Gasteiger charge is 2.51. The van der Waals surface area contributed by atoms with Crippen LogP contribution in [-0.2, 0) is 0 Å². The number of fused-ring (bicyclic) bond motifs is 2. The van der Waals surface area contributed by atoms with Crippen LogP contribution in [0.1, 0.15) is 32.1 Å². The van der Waals surface area contributed by atoms with E-state index in [0.717, 1.165) is 24.1 Å². The van der Waals surface area contributed by atoms with Crippen molar-refractivity contribution in [2.75, 3.05) is 11.4 Å². The SMILES string of the molecule is NC1=NC2(CC3CCC2CC3)CN1c1cc(-n2ccnc2)ncn1. The molecule has 1 unspecified atom stereocenters. The molecule has 4 aliphatic rings. The van der Waals surface area contributed by atoms with Crippen molar-refractivity contribution in [3.8, 4) is 5.82 Å². The number of hydrogen-bond donors (Lipinski definition) is 1. The fourth-order valence-electron chi connectivity index (χ4n) is 4.80. The smallest absolute Gasteiger partial charge is 0.197 e. The largest absolute Gasteiger partial charge is 0.369 e. The van der Waals surface area contributed by atoms with Crippen LogP contribution in [0.4, 0.5) is 5.82 Å². The molecule has 0 radical (unpaired) electrons. The van der Waals surface area contributed by atoms with Gasteiger partial charge in [-0.15, -0.1) is 0 Å². The molecule has 1 atom stereocenters. The molecule has 0 saturated heterocycles. The molecule has 1 spiro atoms. The second-order valence-corrected chi connectivity index (χ2v) is 7.29. The topological polar surface area (TPSA) is 85.2 Å². The molecule has 2 aromatic rings. The predicted octanol–water partition coefficient (Wildman–Crippen LogP) is 1.75. The molecule has 2 bridgehead atoms. The van der Waals surface area contributed by atoms with Crippen LogP contribution in [0.5, 0.6) is 0 Å². The van der Waals surface area contributed by atoms with Gasteiger partial charge in [-0.05, 0) is 31.1 Å². The van der Waals surface area contributed by atoms with E-state index in [4.69, 9.17) is 10.7 Å². The standard InChI is InChI=1S/C17H21N7/c18-16-22-17(8-12-1-3-13(17)4-2-12)9-24(16)15-7-14(20-10-21-15)23-6-5-19-11-23/h5-7,10-13H,1-4,8-9H2,(H2,18,22). The normalized spacial score (nSPS) is 31.7. The van der Waals surface area contributed by atoms with Gasteiger partial charge < -0.3 is 5.73 Å². The van der Waals surface area contributed by atoms with Crippen LogP contribution in [0.25, 0.3) is 5.82 Å². The van der Waals surface area contributed by atoms with Crippen molar-refractivity contribution in [2.45, 2.75) is 37.6 Å². The Labute approximate surface area is 140 Å². The Morgan fingerprint density at radius 3 is 2.67 bits per heavy atom. The lowest BCUT2D eigenvalue weighted by molar-refractivity contribution is 0.0830. The molecule has 3 saturated carbocycles. The maximum atomic E-state index is 6.31. The molecule has 6 rings (SSSR count). The summed E-state index contributed by atoms with van der Waals surface area (Å²) in [4.78, 5) is 19.9. The molecule has 0 aromatic carbocycles. The minimum absolute atomic E-state index is 0.00533. The third-order valence-electron chi connectivity index (χ3n) is 5.98. The van der Waals surface area contributed by atoms with Gasteiger partial charge in [-0.2, -0.15) is 0 Å². The first-order valence-electron chi connectivity index (χ1n) is 8.67. The summed E-state index contributed by atoms with van der Waals surface area (Å²) in [6.45, 7) is 0.848. The summed E-state index contributed by atoms with van der Waals surface area (Å²) >= 11 is 0. The van der Waals surface area contributed by atoms with Gasteiger partial charge in [-0.25, -0.2) is 19.9 Å². The minimum Gasteiger partial charge on any atom is -0.369 e. The van der Waals surface area contributed by atoms with Crippen LogP contribution >= 0.6 is 0 Å². The summed E-state index contributed by atoms with van der Waals surface area (Å²) in [5, 5.41) is 0. The number of anilines is 1. The van der Waals surface area contributed by atoms with Gasteiger partial charge in [0, 0.05) is 18.5 Å². The number of rotatable bonds is 2. The van der Waals surface area contributed by atoms with Gasteiger partial charge in [0.15, 0.2) is 5.96 Å². The lowest BCUT2D eigenvalue weighted by Gasteiger charge is -2.48. The Balaban J connectivity index is 1.47. The van der Waals surface area contributed by atoms with Gasteiger partial charge in [0.05, 0.1) is 12.1 Å². The van der Waals surface area contributed by atoms with Gasteiger partial charge in [0.25, 0.3) is 0 Å². The molecule has 124 valence electrons. The van der Waals surface area contributed by atoms with Crippen molar-refractivity contribution >= 4 is 11.8 Å². The van der Waals surface area contributed by atoms with Crippen molar-refractivity contribution in [1.82, 2.24) is 19.5 Å². The molecule has 1 aliphatic heterocycles. The third-order valence-corrected chi connectivity index (χ3v) is 5.98. The van der Waals surface area contributed by atoms with Crippen molar-refractivity contribution in [3.63, 3.8) is 0 Å². The zero-order chi connectivity index (χ0) is 16.1. The predicted molar refractivity (Wildman–Crippen MR) is 90.9 cm³/mol. The van der Waals surface area contributed by atoms with Crippen LogP contribution in [0.2, 0.25) is 0 Å². The maximum absolute atomic E-state index is 6.31. The highest BCUT2D eigenvalue weighted by molar-refractivity contribution is 5.96. The van der Waals surface area contributed by atoms with Gasteiger partial charge in [-0.1, -0.05) is 12.8 Å². The van der Waals surface area contributed by atoms with Crippen molar-refractivity contribution in [1.29, 1.82) is 0 Å². The lowest BCUT2D eigenvalue weighted by Crippen LogP contribution is -2.49. The van der Waals surface area contributed by atoms with Gasteiger partial charge >= 0.3 is 0 Å². The van der Waals surface area contributed by atoms with E-state index >= 15 is 0 Å². The molecule has 2 aromatic heterocycles. The number of aromatic nitrogens is 4. The monoisotopic (exact) mass is 323 g/mol. The maximum Gasteiger partial charge on any atom is 0.197 e. The van der Waals surface area contributed by atoms with Crippen molar-refractivity contribution in [2.24, 2.45) is 22.6 Å². The first-order chi connectivity index (χ1) is 11.7. The summed E-state index contributed by atoms with van der Waals surface area (Å²) < 4.78 is 1.87. The fraction of sp³-hybridized carbons (Fsp3) is 0.529. The average molecular weight is 323 g/mol. The van der Waals surface area contributed by atoms with E-state index in [2.05, 4.69) is 19.9 Å². The average Bonchev–Trinajstić information content (AvgIpc) is 3.25. The molecular weight excluding hydrogens is 302 g/mol. The highest BCUT2D eigenvalue weighted by Crippen LogP contribution is 2.51. The van der Waals surface area contributed by atoms with Crippen LogP contribution in [-0.4, -0.2) is 37.6 Å². The van der Waals surface area contributed by atoms with Gasteiger partial charge in [0.2, 0.25) is 0 Å². The van der Waals surface area contributed by atoms with E-state index in [0.29, 0.717) is 11.9 Å². The van der Waals surface area contributed by atoms with E-state index in [1.165, 1.54) is 32.1 Å². The number of aliphatic imine (C=N–C) groups is 1. The first kappa shape index (κ1) is 13.9. The minimum atomic E-state index is 0.00533. The zero-order valence-electron chi connectivity index (χ0n) is 13.5. The zero-order valence-corrected chi connectivity index (χ0v) is 13.5. The molecular formula is C17H21N7. The second-order valence-electron chi connectivity index (χ2n) is 7.29.